The highest BCUT2D eigenvalue weighted by atomic mass is 16.8. The lowest BCUT2D eigenvalue weighted by Crippen LogP contribution is -2.67. The maximum atomic E-state index is 11.4. The fraction of sp³-hybridized carbons (Fsp3) is 0.929. The lowest BCUT2D eigenvalue weighted by Gasteiger charge is -2.45. The van der Waals surface area contributed by atoms with E-state index in [4.69, 9.17) is 14.2 Å². The first kappa shape index (κ1) is 21.4. The lowest BCUT2D eigenvalue weighted by atomic mass is 9.96. The Bertz CT molecular complexity index is 494. The molecule has 0 radical (unpaired) electrons. The number of amides is 1. The zero-order valence-corrected chi connectivity index (χ0v) is 14.0. The number of ether oxygens (including phenoxy) is 3. The van der Waals surface area contributed by atoms with Gasteiger partial charge in [0.15, 0.2) is 6.29 Å². The van der Waals surface area contributed by atoms with Gasteiger partial charge in [-0.05, 0) is 0 Å². The number of aliphatic hydroxyl groups is 7. The van der Waals surface area contributed by atoms with Crippen molar-refractivity contribution >= 4 is 5.91 Å². The maximum Gasteiger partial charge on any atom is 0.224 e. The molecule has 0 aromatic heterocycles. The van der Waals surface area contributed by atoms with Crippen LogP contribution in [0.15, 0.2) is 0 Å². The van der Waals surface area contributed by atoms with Crippen LogP contribution in [0.3, 0.4) is 0 Å². The van der Waals surface area contributed by atoms with E-state index in [0.717, 1.165) is 6.92 Å². The van der Waals surface area contributed by atoms with Crippen molar-refractivity contribution in [1.82, 2.24) is 5.32 Å². The molecule has 0 aliphatic carbocycles. The van der Waals surface area contributed by atoms with E-state index in [1.807, 2.05) is 0 Å². The SMILES string of the molecule is CC(=O)NC1C(OC2(CO)OC(CO)C(O)C2O)OC(CO)C(O)C1O. The number of rotatable bonds is 6. The highest BCUT2D eigenvalue weighted by Crippen LogP contribution is 2.35. The van der Waals surface area contributed by atoms with Crippen molar-refractivity contribution in [2.24, 2.45) is 0 Å². The van der Waals surface area contributed by atoms with Gasteiger partial charge in [0.2, 0.25) is 11.7 Å². The van der Waals surface area contributed by atoms with E-state index in [9.17, 15) is 40.5 Å². The summed E-state index contributed by atoms with van der Waals surface area (Å²) in [6.45, 7) is -1.19. The average molecular weight is 383 g/mol. The van der Waals surface area contributed by atoms with Gasteiger partial charge in [-0.3, -0.25) is 4.79 Å². The van der Waals surface area contributed by atoms with Crippen LogP contribution in [0.1, 0.15) is 6.92 Å². The monoisotopic (exact) mass is 383 g/mol. The Kier molecular flexibility index (Phi) is 6.90. The molecule has 0 spiro atoms. The molecule has 0 bridgehead atoms. The van der Waals surface area contributed by atoms with E-state index >= 15 is 0 Å². The molecular weight excluding hydrogens is 358 g/mol. The van der Waals surface area contributed by atoms with Crippen molar-refractivity contribution in [1.29, 1.82) is 0 Å². The third kappa shape index (κ3) is 3.84. The van der Waals surface area contributed by atoms with Crippen LogP contribution in [-0.4, -0.2) is 116 Å². The maximum absolute atomic E-state index is 11.4. The molecule has 12 heteroatoms. The van der Waals surface area contributed by atoms with Gasteiger partial charge in [-0.15, -0.1) is 0 Å². The zero-order chi connectivity index (χ0) is 19.6. The molecule has 1 amide bonds. The molecule has 2 aliphatic heterocycles. The van der Waals surface area contributed by atoms with Crippen LogP contribution in [0.2, 0.25) is 0 Å². The molecule has 0 aromatic carbocycles. The molecule has 2 fully saturated rings. The quantitative estimate of drug-likeness (QED) is 0.218. The van der Waals surface area contributed by atoms with Crippen molar-refractivity contribution in [3.63, 3.8) is 0 Å². The van der Waals surface area contributed by atoms with E-state index < -0.39 is 80.5 Å². The Morgan fingerprint density at radius 1 is 1.04 bits per heavy atom. The summed E-state index contributed by atoms with van der Waals surface area (Å²) in [5, 5.41) is 70.7. The Balaban J connectivity index is 2.28. The smallest absolute Gasteiger partial charge is 0.224 e. The second-order valence-corrected chi connectivity index (χ2v) is 6.30. The normalized spacial score (nSPS) is 46.3. The van der Waals surface area contributed by atoms with E-state index in [0.29, 0.717) is 0 Å². The summed E-state index contributed by atoms with van der Waals surface area (Å²) in [5.41, 5.74) is 0. The van der Waals surface area contributed by atoms with Crippen LogP contribution in [0.5, 0.6) is 0 Å². The van der Waals surface area contributed by atoms with E-state index in [-0.39, 0.29) is 0 Å². The molecular formula is C14H25NO11. The highest BCUT2D eigenvalue weighted by molar-refractivity contribution is 5.73. The van der Waals surface area contributed by atoms with Crippen molar-refractivity contribution in [2.45, 2.75) is 61.7 Å². The molecule has 152 valence electrons. The van der Waals surface area contributed by atoms with Crippen molar-refractivity contribution in [3.8, 4) is 0 Å². The molecule has 9 atom stereocenters. The van der Waals surface area contributed by atoms with Crippen molar-refractivity contribution in [2.75, 3.05) is 19.8 Å². The van der Waals surface area contributed by atoms with Crippen LogP contribution < -0.4 is 5.32 Å². The molecule has 8 N–H and O–H groups in total. The molecule has 26 heavy (non-hydrogen) atoms. The Morgan fingerprint density at radius 3 is 2.12 bits per heavy atom. The molecule has 2 aliphatic rings. The molecule has 9 unspecified atom stereocenters. The topological polar surface area (TPSA) is 198 Å². The predicted molar refractivity (Wildman–Crippen MR) is 80.2 cm³/mol. The fourth-order valence-electron chi connectivity index (χ4n) is 3.04. The lowest BCUT2D eigenvalue weighted by molar-refractivity contribution is -0.368. The van der Waals surface area contributed by atoms with Crippen molar-refractivity contribution in [3.05, 3.63) is 0 Å². The summed E-state index contributed by atoms with van der Waals surface area (Å²) in [6, 6.07) is -1.34. The summed E-state index contributed by atoms with van der Waals surface area (Å²) < 4.78 is 16.0. The number of hydrogen-bond acceptors (Lipinski definition) is 11. The third-order valence-electron chi connectivity index (χ3n) is 4.47. The minimum atomic E-state index is -2.23. The molecule has 0 aromatic rings. The zero-order valence-electron chi connectivity index (χ0n) is 14.0. The highest BCUT2D eigenvalue weighted by Gasteiger charge is 2.58. The summed E-state index contributed by atoms with van der Waals surface area (Å²) in [7, 11) is 0. The summed E-state index contributed by atoms with van der Waals surface area (Å²) >= 11 is 0. The number of aliphatic hydroxyl groups excluding tert-OH is 7. The van der Waals surface area contributed by atoms with Gasteiger partial charge in [-0.2, -0.15) is 0 Å². The Morgan fingerprint density at radius 2 is 1.65 bits per heavy atom. The first-order chi connectivity index (χ1) is 12.2. The van der Waals surface area contributed by atoms with Crippen LogP contribution in [0.25, 0.3) is 0 Å². The van der Waals surface area contributed by atoms with Gasteiger partial charge >= 0.3 is 0 Å². The number of carbonyl (C=O) groups is 1. The molecule has 0 saturated carbocycles. The molecule has 2 heterocycles. The van der Waals surface area contributed by atoms with Crippen molar-refractivity contribution < 1.29 is 54.8 Å². The third-order valence-corrected chi connectivity index (χ3v) is 4.47. The Labute approximate surface area is 148 Å². The van der Waals surface area contributed by atoms with Crippen LogP contribution >= 0.6 is 0 Å². The number of hydrogen-bond donors (Lipinski definition) is 8. The van der Waals surface area contributed by atoms with Crippen LogP contribution in [0, 0.1) is 0 Å². The standard InChI is InChI=1S/C14H25NO11/c1-5(19)15-8-11(22)9(20)6(2-16)24-13(8)26-14(4-18)12(23)10(21)7(3-17)25-14/h6-13,16-18,20-23H,2-4H2,1H3,(H,15,19). The first-order valence-electron chi connectivity index (χ1n) is 8.03. The molecule has 2 saturated heterocycles. The first-order valence-corrected chi connectivity index (χ1v) is 8.03. The molecule has 2 rings (SSSR count). The summed E-state index contributed by atoms with van der Waals surface area (Å²) in [6.07, 6.45) is -10.6. The van der Waals surface area contributed by atoms with Crippen LogP contribution in [0.4, 0.5) is 0 Å². The van der Waals surface area contributed by atoms with E-state index in [1.54, 1.807) is 0 Å². The predicted octanol–water partition coefficient (Wildman–Crippen LogP) is -5.25. The molecule has 12 nitrogen and oxygen atoms in total. The Hall–Kier alpha value is -0.930. The van der Waals surface area contributed by atoms with Gasteiger partial charge in [0.05, 0.1) is 13.2 Å². The van der Waals surface area contributed by atoms with E-state index in [2.05, 4.69) is 5.32 Å². The largest absolute Gasteiger partial charge is 0.394 e. The summed E-state index contributed by atoms with van der Waals surface area (Å²) in [5.74, 6) is -2.82. The van der Waals surface area contributed by atoms with Gasteiger partial charge in [0, 0.05) is 6.92 Å². The number of carbonyl (C=O) groups excluding carboxylic acids is 1. The van der Waals surface area contributed by atoms with Gasteiger partial charge in [-0.1, -0.05) is 0 Å². The van der Waals surface area contributed by atoms with E-state index in [1.165, 1.54) is 0 Å². The van der Waals surface area contributed by atoms with Gasteiger partial charge in [0.25, 0.3) is 0 Å². The number of nitrogens with one attached hydrogen (secondary N) is 1. The summed E-state index contributed by atoms with van der Waals surface area (Å²) in [4.78, 5) is 11.4. The second-order valence-electron chi connectivity index (χ2n) is 6.30. The van der Waals surface area contributed by atoms with Gasteiger partial charge in [0.1, 0.15) is 49.3 Å². The average Bonchev–Trinajstić information content (AvgIpc) is 2.86. The second kappa shape index (κ2) is 8.39. The van der Waals surface area contributed by atoms with Gasteiger partial charge < -0.3 is 55.3 Å². The minimum absolute atomic E-state index is 0.597. The minimum Gasteiger partial charge on any atom is -0.394 e. The van der Waals surface area contributed by atoms with Gasteiger partial charge in [-0.25, -0.2) is 0 Å². The van der Waals surface area contributed by atoms with Crippen LogP contribution in [-0.2, 0) is 19.0 Å². The fourth-order valence-corrected chi connectivity index (χ4v) is 3.04.